The number of carbonyl (C=O) groups is 1. The van der Waals surface area contributed by atoms with Crippen LogP contribution >= 0.6 is 11.6 Å². The zero-order valence-corrected chi connectivity index (χ0v) is 18.3. The number of nitrogens with zero attached hydrogens (tertiary/aromatic N) is 1. The van der Waals surface area contributed by atoms with Gasteiger partial charge in [-0.25, -0.2) is 9.37 Å². The van der Waals surface area contributed by atoms with E-state index < -0.39 is 5.82 Å². The Morgan fingerprint density at radius 3 is 2.40 bits per heavy atom. The first-order valence-electron chi connectivity index (χ1n) is 10.1. The van der Waals surface area contributed by atoms with Gasteiger partial charge in [-0.15, -0.1) is 0 Å². The fraction of sp³-hybridized carbons (Fsp3) is 0.391. The van der Waals surface area contributed by atoms with Crippen molar-refractivity contribution in [3.63, 3.8) is 0 Å². The topological polar surface area (TPSA) is 69.8 Å². The van der Waals surface area contributed by atoms with Crippen LogP contribution in [-0.2, 0) is 0 Å². The molecular formula is C23H26ClFN4O. The summed E-state index contributed by atoms with van der Waals surface area (Å²) in [6.07, 6.45) is 1.75. The van der Waals surface area contributed by atoms with Crippen LogP contribution < -0.4 is 10.6 Å². The van der Waals surface area contributed by atoms with Crippen molar-refractivity contribution in [3.8, 4) is 11.4 Å². The monoisotopic (exact) mass is 428 g/mol. The molecule has 0 atom stereocenters. The highest BCUT2D eigenvalue weighted by molar-refractivity contribution is 6.31. The first-order valence-corrected chi connectivity index (χ1v) is 10.4. The molecule has 0 radical (unpaired) electrons. The lowest BCUT2D eigenvalue weighted by molar-refractivity contribution is 0.0873. The Hall–Kier alpha value is -2.44. The van der Waals surface area contributed by atoms with E-state index in [2.05, 4.69) is 48.3 Å². The molecular weight excluding hydrogens is 403 g/mol. The zero-order chi connectivity index (χ0) is 21.7. The van der Waals surface area contributed by atoms with Crippen molar-refractivity contribution in [1.82, 2.24) is 20.6 Å². The predicted molar refractivity (Wildman–Crippen MR) is 118 cm³/mol. The first kappa shape index (κ1) is 20.8. The minimum absolute atomic E-state index is 0.0345. The molecule has 0 saturated carbocycles. The number of carbonyl (C=O) groups excluding carboxylic acids is 1. The molecule has 1 saturated heterocycles. The Morgan fingerprint density at radius 1 is 1.13 bits per heavy atom. The van der Waals surface area contributed by atoms with Crippen molar-refractivity contribution in [2.75, 3.05) is 0 Å². The molecule has 1 aromatic heterocycles. The van der Waals surface area contributed by atoms with Crippen molar-refractivity contribution in [2.45, 2.75) is 57.7 Å². The fourth-order valence-electron chi connectivity index (χ4n) is 4.61. The lowest BCUT2D eigenvalue weighted by Gasteiger charge is -2.46. The highest BCUT2D eigenvalue weighted by atomic mass is 35.5. The Balaban J connectivity index is 1.50. The molecule has 1 fully saturated rings. The molecule has 158 valence electrons. The molecule has 5 nitrogen and oxygen atoms in total. The van der Waals surface area contributed by atoms with E-state index in [1.54, 1.807) is 12.1 Å². The Bertz CT molecular complexity index is 1050. The molecule has 1 amide bonds. The van der Waals surface area contributed by atoms with E-state index in [4.69, 9.17) is 11.6 Å². The molecule has 4 rings (SSSR count). The molecule has 0 aliphatic carbocycles. The van der Waals surface area contributed by atoms with Crippen LogP contribution in [0.1, 0.15) is 50.9 Å². The maximum atomic E-state index is 13.7. The van der Waals surface area contributed by atoms with E-state index in [9.17, 15) is 9.18 Å². The Labute approximate surface area is 180 Å². The number of piperidine rings is 1. The van der Waals surface area contributed by atoms with Crippen molar-refractivity contribution >= 4 is 28.5 Å². The quantitative estimate of drug-likeness (QED) is 0.546. The Kier molecular flexibility index (Phi) is 5.11. The number of rotatable bonds is 3. The molecule has 3 N–H and O–H groups in total. The highest BCUT2D eigenvalue weighted by Crippen LogP contribution is 2.29. The van der Waals surface area contributed by atoms with Crippen molar-refractivity contribution in [3.05, 3.63) is 52.8 Å². The lowest BCUT2D eigenvalue weighted by atomic mass is 9.79. The standard InChI is InChI=1S/C23H26ClFN4O/c1-22(2)11-15(12-23(3,4)29-22)26-21(30)14-7-5-13(6-8-14)20-27-18-9-16(24)17(25)10-19(18)28-20/h5-10,15,29H,11-12H2,1-4H3,(H,26,30)(H,27,28). The molecule has 0 bridgehead atoms. The summed E-state index contributed by atoms with van der Waals surface area (Å²) in [5.74, 6) is 0.0228. The number of aromatic amines is 1. The van der Waals surface area contributed by atoms with Crippen molar-refractivity contribution in [1.29, 1.82) is 0 Å². The van der Waals surface area contributed by atoms with Gasteiger partial charge in [0, 0.05) is 34.3 Å². The zero-order valence-electron chi connectivity index (χ0n) is 17.6. The van der Waals surface area contributed by atoms with Crippen LogP contribution in [0.5, 0.6) is 0 Å². The Morgan fingerprint density at radius 2 is 1.77 bits per heavy atom. The van der Waals surface area contributed by atoms with Gasteiger partial charge in [-0.1, -0.05) is 23.7 Å². The van der Waals surface area contributed by atoms with Crippen LogP contribution in [0.4, 0.5) is 4.39 Å². The molecule has 1 aliphatic heterocycles. The van der Waals surface area contributed by atoms with Gasteiger partial charge in [-0.3, -0.25) is 4.79 Å². The summed E-state index contributed by atoms with van der Waals surface area (Å²) in [6, 6.07) is 10.2. The maximum absolute atomic E-state index is 13.7. The lowest BCUT2D eigenvalue weighted by Crippen LogP contribution is -2.62. The van der Waals surface area contributed by atoms with Gasteiger partial charge in [-0.2, -0.15) is 0 Å². The number of benzene rings is 2. The fourth-order valence-corrected chi connectivity index (χ4v) is 4.77. The second-order valence-corrected chi connectivity index (χ2v) is 9.82. The number of amides is 1. The second-order valence-electron chi connectivity index (χ2n) is 9.42. The first-order chi connectivity index (χ1) is 14.0. The van der Waals surface area contributed by atoms with Gasteiger partial charge in [0.15, 0.2) is 0 Å². The number of hydrogen-bond acceptors (Lipinski definition) is 3. The minimum Gasteiger partial charge on any atom is -0.349 e. The number of aromatic nitrogens is 2. The summed E-state index contributed by atoms with van der Waals surface area (Å²) in [5.41, 5.74) is 2.50. The number of nitrogens with one attached hydrogen (secondary N) is 3. The minimum atomic E-state index is -0.490. The molecule has 0 unspecified atom stereocenters. The van der Waals surface area contributed by atoms with Gasteiger partial charge in [0.05, 0.1) is 16.1 Å². The van der Waals surface area contributed by atoms with E-state index >= 15 is 0 Å². The molecule has 1 aliphatic rings. The highest BCUT2D eigenvalue weighted by Gasteiger charge is 2.38. The van der Waals surface area contributed by atoms with Crippen LogP contribution in [0.15, 0.2) is 36.4 Å². The number of imidazole rings is 1. The summed E-state index contributed by atoms with van der Waals surface area (Å²) in [4.78, 5) is 20.4. The maximum Gasteiger partial charge on any atom is 0.251 e. The van der Waals surface area contributed by atoms with E-state index in [-0.39, 0.29) is 28.0 Å². The molecule has 7 heteroatoms. The normalized spacial score (nSPS) is 18.5. The van der Waals surface area contributed by atoms with Gasteiger partial charge in [0.2, 0.25) is 0 Å². The number of hydrogen-bond donors (Lipinski definition) is 3. The molecule has 2 heterocycles. The molecule has 3 aromatic rings. The third kappa shape index (κ3) is 4.35. The van der Waals surface area contributed by atoms with Crippen LogP contribution in [0.25, 0.3) is 22.4 Å². The summed E-state index contributed by atoms with van der Waals surface area (Å²) < 4.78 is 13.7. The number of halogens is 2. The second kappa shape index (κ2) is 7.36. The average Bonchev–Trinajstić information content (AvgIpc) is 3.02. The third-order valence-corrected chi connectivity index (χ3v) is 5.76. The summed E-state index contributed by atoms with van der Waals surface area (Å²) in [7, 11) is 0. The number of fused-ring (bicyclic) bond motifs is 1. The van der Waals surface area contributed by atoms with E-state index in [0.717, 1.165) is 18.4 Å². The van der Waals surface area contributed by atoms with E-state index in [1.807, 2.05) is 12.1 Å². The third-order valence-electron chi connectivity index (χ3n) is 5.47. The predicted octanol–water partition coefficient (Wildman–Crippen LogP) is 5.06. The van der Waals surface area contributed by atoms with E-state index in [1.165, 1.54) is 12.1 Å². The molecule has 2 aromatic carbocycles. The summed E-state index contributed by atoms with van der Waals surface area (Å²) in [5, 5.41) is 6.84. The smallest absolute Gasteiger partial charge is 0.251 e. The van der Waals surface area contributed by atoms with Crippen LogP contribution in [0.3, 0.4) is 0 Å². The SMILES string of the molecule is CC1(C)CC(NC(=O)c2ccc(-c3nc4cc(Cl)c(F)cc4[nH]3)cc2)CC(C)(C)N1. The number of H-pyrrole nitrogens is 1. The summed E-state index contributed by atoms with van der Waals surface area (Å²) in [6.45, 7) is 8.64. The largest absolute Gasteiger partial charge is 0.349 e. The van der Waals surface area contributed by atoms with Gasteiger partial charge in [-0.05, 0) is 58.7 Å². The van der Waals surface area contributed by atoms with E-state index in [0.29, 0.717) is 22.4 Å². The van der Waals surface area contributed by atoms with Crippen LogP contribution in [0, 0.1) is 5.82 Å². The van der Waals surface area contributed by atoms with Crippen molar-refractivity contribution in [2.24, 2.45) is 0 Å². The van der Waals surface area contributed by atoms with Gasteiger partial charge >= 0.3 is 0 Å². The van der Waals surface area contributed by atoms with Crippen molar-refractivity contribution < 1.29 is 9.18 Å². The average molecular weight is 429 g/mol. The van der Waals surface area contributed by atoms with Crippen LogP contribution in [-0.4, -0.2) is 33.0 Å². The summed E-state index contributed by atoms with van der Waals surface area (Å²) >= 11 is 5.84. The van der Waals surface area contributed by atoms with Gasteiger partial charge in [0.25, 0.3) is 5.91 Å². The van der Waals surface area contributed by atoms with Gasteiger partial charge in [0.1, 0.15) is 11.6 Å². The van der Waals surface area contributed by atoms with Crippen LogP contribution in [0.2, 0.25) is 5.02 Å². The molecule has 0 spiro atoms. The van der Waals surface area contributed by atoms with Gasteiger partial charge < -0.3 is 15.6 Å². The molecule has 30 heavy (non-hydrogen) atoms.